The average Bonchev–Trinajstić information content (AvgIpc) is 2.75. The molecule has 0 aliphatic rings. The third kappa shape index (κ3) is 3.49. The van der Waals surface area contributed by atoms with Gasteiger partial charge in [0.1, 0.15) is 16.4 Å². The van der Waals surface area contributed by atoms with Gasteiger partial charge in [0.2, 0.25) is 0 Å². The van der Waals surface area contributed by atoms with Gasteiger partial charge in [-0.2, -0.15) is 0 Å². The van der Waals surface area contributed by atoms with Crippen molar-refractivity contribution in [1.29, 1.82) is 0 Å². The summed E-state index contributed by atoms with van der Waals surface area (Å²) in [5.74, 6) is -1.57. The zero-order chi connectivity index (χ0) is 15.6. The minimum absolute atomic E-state index is 0.234. The van der Waals surface area contributed by atoms with Crippen molar-refractivity contribution in [3.8, 4) is 0 Å². The van der Waals surface area contributed by atoms with Crippen molar-refractivity contribution in [1.82, 2.24) is 14.8 Å². The van der Waals surface area contributed by atoms with Crippen LogP contribution in [-0.2, 0) is 17.1 Å². The zero-order valence-corrected chi connectivity index (χ0v) is 13.2. The van der Waals surface area contributed by atoms with Crippen molar-refractivity contribution in [3.63, 3.8) is 0 Å². The van der Waals surface area contributed by atoms with Crippen LogP contribution in [-0.4, -0.2) is 18.9 Å². The summed E-state index contributed by atoms with van der Waals surface area (Å²) < 4.78 is 39.4. The fourth-order valence-corrected chi connectivity index (χ4v) is 3.09. The topological polar surface area (TPSA) is 80.2 Å². The number of carbonyl (C=O) groups excluding carboxylic acids is 1. The minimum Gasteiger partial charge on any atom is -0.345 e. The van der Waals surface area contributed by atoms with Gasteiger partial charge < -0.3 is 4.57 Å². The van der Waals surface area contributed by atoms with Crippen molar-refractivity contribution in [2.75, 3.05) is 0 Å². The summed E-state index contributed by atoms with van der Waals surface area (Å²) in [6.45, 7) is 0. The van der Waals surface area contributed by atoms with Crippen LogP contribution in [0.5, 0.6) is 0 Å². The van der Waals surface area contributed by atoms with Crippen LogP contribution >= 0.6 is 15.9 Å². The molecular weight excluding hydrogens is 365 g/mol. The van der Waals surface area contributed by atoms with Crippen LogP contribution in [0.25, 0.3) is 0 Å². The Kier molecular flexibility index (Phi) is 4.45. The van der Waals surface area contributed by atoms with Crippen LogP contribution in [0.2, 0.25) is 0 Å². The monoisotopic (exact) mass is 375 g/mol. The number of hydrogen-bond donors (Lipinski definition) is 2. The summed E-state index contributed by atoms with van der Waals surface area (Å²) in [5, 5.41) is 0. The molecule has 0 fully saturated rings. The number of sulfonamides is 1. The Morgan fingerprint density at radius 2 is 2.00 bits per heavy atom. The van der Waals surface area contributed by atoms with Crippen molar-refractivity contribution in [3.05, 3.63) is 52.5 Å². The first kappa shape index (κ1) is 15.7. The molecule has 1 aromatic carbocycles. The van der Waals surface area contributed by atoms with Gasteiger partial charge in [-0.15, -0.1) is 4.83 Å². The number of nitrogens with one attached hydrogen (secondary N) is 2. The van der Waals surface area contributed by atoms with Gasteiger partial charge in [0, 0.05) is 17.7 Å². The molecule has 0 spiro atoms. The van der Waals surface area contributed by atoms with E-state index in [4.69, 9.17) is 0 Å². The zero-order valence-electron chi connectivity index (χ0n) is 10.8. The van der Waals surface area contributed by atoms with Crippen LogP contribution in [0.4, 0.5) is 4.39 Å². The molecule has 6 nitrogen and oxygen atoms in total. The maximum atomic E-state index is 13.5. The molecule has 0 bridgehead atoms. The van der Waals surface area contributed by atoms with E-state index in [1.165, 1.54) is 22.8 Å². The summed E-state index contributed by atoms with van der Waals surface area (Å²) in [7, 11) is -2.55. The minimum atomic E-state index is -4.18. The molecule has 0 saturated heterocycles. The lowest BCUT2D eigenvalue weighted by atomic mass is 10.4. The maximum Gasteiger partial charge on any atom is 0.282 e. The molecule has 1 heterocycles. The molecule has 0 aliphatic carbocycles. The van der Waals surface area contributed by atoms with Gasteiger partial charge in [0.15, 0.2) is 0 Å². The number of amides is 1. The highest BCUT2D eigenvalue weighted by molar-refractivity contribution is 9.10. The number of aryl methyl sites for hydroxylation is 1. The molecule has 2 N–H and O–H groups in total. The molecule has 21 heavy (non-hydrogen) atoms. The van der Waals surface area contributed by atoms with Gasteiger partial charge in [0.05, 0.1) is 0 Å². The van der Waals surface area contributed by atoms with Gasteiger partial charge in [-0.25, -0.2) is 12.8 Å². The Morgan fingerprint density at radius 1 is 1.33 bits per heavy atom. The van der Waals surface area contributed by atoms with Crippen LogP contribution in [0, 0.1) is 5.82 Å². The lowest BCUT2D eigenvalue weighted by molar-refractivity contribution is 0.0937. The second kappa shape index (κ2) is 5.96. The second-order valence-electron chi connectivity index (χ2n) is 4.14. The first-order valence-corrected chi connectivity index (χ1v) is 7.97. The van der Waals surface area contributed by atoms with E-state index < -0.39 is 26.6 Å². The maximum absolute atomic E-state index is 13.5. The van der Waals surface area contributed by atoms with Crippen LogP contribution in [0.1, 0.15) is 10.5 Å². The molecule has 0 saturated carbocycles. The van der Waals surface area contributed by atoms with E-state index in [0.717, 1.165) is 12.1 Å². The van der Waals surface area contributed by atoms with Crippen LogP contribution < -0.4 is 10.3 Å². The predicted molar refractivity (Wildman–Crippen MR) is 77.3 cm³/mol. The molecule has 1 aromatic heterocycles. The predicted octanol–water partition coefficient (Wildman–Crippen LogP) is 1.55. The Labute approximate surface area is 129 Å². The molecule has 0 atom stereocenters. The first-order valence-electron chi connectivity index (χ1n) is 5.70. The van der Waals surface area contributed by atoms with Gasteiger partial charge in [-0.3, -0.25) is 10.2 Å². The standard InChI is InChI=1S/C12H11BrFN3O3S/c1-17-7-8(13)6-10(17)12(18)15-16-21(19,20)11-5-3-2-4-9(11)14/h2-7,16H,1H3,(H,15,18). The molecule has 9 heteroatoms. The Bertz CT molecular complexity index is 789. The molecule has 2 rings (SSSR count). The number of benzene rings is 1. The highest BCUT2D eigenvalue weighted by Crippen LogP contribution is 2.14. The Balaban J connectivity index is 2.14. The highest BCUT2D eigenvalue weighted by Gasteiger charge is 2.20. The lowest BCUT2D eigenvalue weighted by Crippen LogP contribution is -2.42. The van der Waals surface area contributed by atoms with E-state index in [2.05, 4.69) is 15.9 Å². The van der Waals surface area contributed by atoms with Gasteiger partial charge in [-0.1, -0.05) is 12.1 Å². The molecule has 2 aromatic rings. The van der Waals surface area contributed by atoms with E-state index >= 15 is 0 Å². The third-order valence-electron chi connectivity index (χ3n) is 2.63. The summed E-state index contributed by atoms with van der Waals surface area (Å²) in [4.78, 5) is 13.2. The summed E-state index contributed by atoms with van der Waals surface area (Å²) in [6, 6.07) is 6.39. The first-order chi connectivity index (χ1) is 9.81. The van der Waals surface area contributed by atoms with Crippen LogP contribution in [0.3, 0.4) is 0 Å². The molecule has 0 radical (unpaired) electrons. The van der Waals surface area contributed by atoms with Gasteiger partial charge in [-0.05, 0) is 34.1 Å². The fraction of sp³-hybridized carbons (Fsp3) is 0.0833. The quantitative estimate of drug-likeness (QED) is 0.795. The fourth-order valence-electron chi connectivity index (χ4n) is 1.65. The van der Waals surface area contributed by atoms with E-state index in [1.54, 1.807) is 13.2 Å². The van der Waals surface area contributed by atoms with Crippen molar-refractivity contribution in [2.45, 2.75) is 4.90 Å². The Morgan fingerprint density at radius 3 is 2.57 bits per heavy atom. The number of carbonyl (C=O) groups is 1. The van der Waals surface area contributed by atoms with E-state index in [1.807, 2.05) is 10.3 Å². The smallest absolute Gasteiger partial charge is 0.282 e. The SMILES string of the molecule is Cn1cc(Br)cc1C(=O)NNS(=O)(=O)c1ccccc1F. The number of halogens is 2. The van der Waals surface area contributed by atoms with Gasteiger partial charge >= 0.3 is 0 Å². The molecule has 112 valence electrons. The average molecular weight is 376 g/mol. The Hall–Kier alpha value is -1.71. The third-order valence-corrected chi connectivity index (χ3v) is 4.34. The van der Waals surface area contributed by atoms with Crippen molar-refractivity contribution >= 4 is 31.9 Å². The normalized spacial score (nSPS) is 11.4. The summed E-state index contributed by atoms with van der Waals surface area (Å²) in [5.41, 5.74) is 2.27. The second-order valence-corrected chi connectivity index (χ2v) is 6.71. The number of rotatable bonds is 4. The van der Waals surface area contributed by atoms with Crippen LogP contribution in [0.15, 0.2) is 45.9 Å². The summed E-state index contributed by atoms with van der Waals surface area (Å²) in [6.07, 6.45) is 1.64. The number of aromatic nitrogens is 1. The van der Waals surface area contributed by atoms with E-state index in [-0.39, 0.29) is 5.69 Å². The molecular formula is C12H11BrFN3O3S. The van der Waals surface area contributed by atoms with E-state index in [0.29, 0.717) is 4.47 Å². The number of hydrazine groups is 1. The lowest BCUT2D eigenvalue weighted by Gasteiger charge is -2.09. The molecule has 1 amide bonds. The summed E-state index contributed by atoms with van der Waals surface area (Å²) >= 11 is 3.20. The van der Waals surface area contributed by atoms with Crippen molar-refractivity contribution < 1.29 is 17.6 Å². The molecule has 0 unspecified atom stereocenters. The van der Waals surface area contributed by atoms with E-state index in [9.17, 15) is 17.6 Å². The highest BCUT2D eigenvalue weighted by atomic mass is 79.9. The van der Waals surface area contributed by atoms with Gasteiger partial charge in [0.25, 0.3) is 15.9 Å². The number of nitrogens with zero attached hydrogens (tertiary/aromatic N) is 1. The molecule has 0 aliphatic heterocycles. The largest absolute Gasteiger partial charge is 0.345 e. The number of hydrogen-bond acceptors (Lipinski definition) is 3. The van der Waals surface area contributed by atoms with Crippen molar-refractivity contribution in [2.24, 2.45) is 7.05 Å².